The summed E-state index contributed by atoms with van der Waals surface area (Å²) in [4.78, 5) is 29.8. The van der Waals surface area contributed by atoms with Crippen molar-refractivity contribution in [1.29, 1.82) is 0 Å². The Morgan fingerprint density at radius 2 is 1.78 bits per heavy atom. The second-order valence-electron chi connectivity index (χ2n) is 9.21. The fraction of sp³-hybridized carbons (Fsp3) is 0.538. The van der Waals surface area contributed by atoms with Crippen molar-refractivity contribution in [2.24, 2.45) is 0 Å². The molecular weight excluding hydrogens is 474 g/mol. The lowest BCUT2D eigenvalue weighted by molar-refractivity contribution is -0.139. The van der Waals surface area contributed by atoms with Crippen molar-refractivity contribution in [3.8, 4) is 12.0 Å². The molecule has 3 aromatic rings. The number of fused-ring (bicyclic) bond motifs is 1. The van der Waals surface area contributed by atoms with E-state index in [1.165, 1.54) is 12.7 Å². The molecule has 3 heterocycles. The molecule has 1 aliphatic rings. The summed E-state index contributed by atoms with van der Waals surface area (Å²) in [6, 6.07) is 8.90. The van der Waals surface area contributed by atoms with Crippen molar-refractivity contribution in [1.82, 2.24) is 29.3 Å². The number of esters is 1. The fourth-order valence-corrected chi connectivity index (χ4v) is 4.46. The van der Waals surface area contributed by atoms with Crippen LogP contribution in [0.25, 0.3) is 11.2 Å². The number of carbonyl (C=O) groups is 1. The lowest BCUT2D eigenvalue weighted by Gasteiger charge is -2.34. The standard InChI is InChI=1S/C26H37N7O4/c1-4-5-15-37-25-29-23(27)22-24(30-25)33(26(28-22)36-3)14-13-31-9-11-32(12-10-31)18-20-8-6-7-19(16-20)17-21(34)35-2/h6-8,16H,4-5,9-15,17-18H2,1-3H3,(H2,27,29,30). The van der Waals surface area contributed by atoms with E-state index >= 15 is 0 Å². The van der Waals surface area contributed by atoms with E-state index in [2.05, 4.69) is 43.8 Å². The molecule has 2 N–H and O–H groups in total. The molecule has 11 nitrogen and oxygen atoms in total. The number of hydrogen-bond acceptors (Lipinski definition) is 10. The van der Waals surface area contributed by atoms with Gasteiger partial charge in [-0.3, -0.25) is 19.2 Å². The number of benzene rings is 1. The topological polar surface area (TPSA) is 121 Å². The molecule has 0 amide bonds. The molecule has 0 atom stereocenters. The van der Waals surface area contributed by atoms with Crippen LogP contribution in [0.2, 0.25) is 0 Å². The summed E-state index contributed by atoms with van der Waals surface area (Å²) in [5.74, 6) is 0.0697. The molecule has 0 saturated carbocycles. The van der Waals surface area contributed by atoms with Gasteiger partial charge in [0.05, 0.1) is 27.2 Å². The quantitative estimate of drug-likeness (QED) is 0.286. The summed E-state index contributed by atoms with van der Waals surface area (Å²) in [5.41, 5.74) is 9.49. The van der Waals surface area contributed by atoms with Gasteiger partial charge >= 0.3 is 12.0 Å². The third-order valence-corrected chi connectivity index (χ3v) is 6.56. The van der Waals surface area contributed by atoms with Gasteiger partial charge in [-0.15, -0.1) is 0 Å². The molecular formula is C26H37N7O4. The molecule has 0 aliphatic carbocycles. The van der Waals surface area contributed by atoms with Crippen LogP contribution in [0.15, 0.2) is 24.3 Å². The van der Waals surface area contributed by atoms with E-state index < -0.39 is 0 Å². The zero-order valence-electron chi connectivity index (χ0n) is 22.0. The first-order valence-electron chi connectivity index (χ1n) is 12.8. The fourth-order valence-electron chi connectivity index (χ4n) is 4.46. The number of rotatable bonds is 12. The number of aromatic nitrogens is 4. The number of piperazine rings is 1. The predicted molar refractivity (Wildman–Crippen MR) is 141 cm³/mol. The Morgan fingerprint density at radius 3 is 2.51 bits per heavy atom. The number of nitrogen functional groups attached to an aromatic ring is 1. The molecule has 0 spiro atoms. The number of unbranched alkanes of at least 4 members (excludes halogenated alkanes) is 1. The minimum absolute atomic E-state index is 0.220. The number of imidazole rings is 1. The highest BCUT2D eigenvalue weighted by molar-refractivity contribution is 5.83. The van der Waals surface area contributed by atoms with Gasteiger partial charge in [0.1, 0.15) is 0 Å². The lowest BCUT2D eigenvalue weighted by atomic mass is 10.1. The van der Waals surface area contributed by atoms with Crippen LogP contribution < -0.4 is 15.2 Å². The molecule has 1 saturated heterocycles. The molecule has 1 aliphatic heterocycles. The van der Waals surface area contributed by atoms with E-state index in [0.29, 0.717) is 36.7 Å². The Morgan fingerprint density at radius 1 is 1.03 bits per heavy atom. The van der Waals surface area contributed by atoms with Crippen LogP contribution >= 0.6 is 0 Å². The van der Waals surface area contributed by atoms with Crippen molar-refractivity contribution in [2.45, 2.75) is 39.3 Å². The van der Waals surface area contributed by atoms with E-state index in [4.69, 9.17) is 19.9 Å². The van der Waals surface area contributed by atoms with Crippen LogP contribution in [0.3, 0.4) is 0 Å². The van der Waals surface area contributed by atoms with Gasteiger partial charge in [0, 0.05) is 45.8 Å². The summed E-state index contributed by atoms with van der Waals surface area (Å²) in [5, 5.41) is 0. The van der Waals surface area contributed by atoms with Crippen LogP contribution in [0.5, 0.6) is 12.0 Å². The number of carbonyl (C=O) groups excluding carboxylic acids is 1. The zero-order chi connectivity index (χ0) is 26.2. The van der Waals surface area contributed by atoms with Gasteiger partial charge < -0.3 is 19.9 Å². The average molecular weight is 512 g/mol. The molecule has 200 valence electrons. The first-order chi connectivity index (χ1) is 18.0. The summed E-state index contributed by atoms with van der Waals surface area (Å²) >= 11 is 0. The van der Waals surface area contributed by atoms with Crippen molar-refractivity contribution in [2.75, 3.05) is 59.3 Å². The number of ether oxygens (including phenoxy) is 3. The van der Waals surface area contributed by atoms with Gasteiger partial charge in [0.15, 0.2) is 17.0 Å². The maximum atomic E-state index is 11.6. The second kappa shape index (κ2) is 12.7. The van der Waals surface area contributed by atoms with E-state index in [0.717, 1.165) is 57.7 Å². The molecule has 0 bridgehead atoms. The summed E-state index contributed by atoms with van der Waals surface area (Å²) in [7, 11) is 3.01. The first-order valence-corrected chi connectivity index (χ1v) is 12.8. The molecule has 1 aromatic carbocycles. The largest absolute Gasteiger partial charge is 0.469 e. The summed E-state index contributed by atoms with van der Waals surface area (Å²) in [6.07, 6.45) is 2.25. The highest BCUT2D eigenvalue weighted by Gasteiger charge is 2.21. The molecule has 11 heteroatoms. The third-order valence-electron chi connectivity index (χ3n) is 6.56. The van der Waals surface area contributed by atoms with Crippen molar-refractivity contribution in [3.63, 3.8) is 0 Å². The monoisotopic (exact) mass is 511 g/mol. The number of anilines is 1. The number of hydrogen-bond donors (Lipinski definition) is 1. The molecule has 2 aromatic heterocycles. The molecule has 1 fully saturated rings. The first kappa shape index (κ1) is 26.6. The normalized spacial score (nSPS) is 14.7. The van der Waals surface area contributed by atoms with E-state index in [1.807, 2.05) is 16.7 Å². The Balaban J connectivity index is 1.34. The van der Waals surface area contributed by atoms with Gasteiger partial charge in [0.25, 0.3) is 6.01 Å². The molecule has 4 rings (SSSR count). The van der Waals surface area contributed by atoms with Gasteiger partial charge in [-0.1, -0.05) is 37.6 Å². The van der Waals surface area contributed by atoms with Crippen LogP contribution in [0, 0.1) is 0 Å². The van der Waals surface area contributed by atoms with Crippen molar-refractivity contribution in [3.05, 3.63) is 35.4 Å². The van der Waals surface area contributed by atoms with Crippen LogP contribution in [0.1, 0.15) is 30.9 Å². The maximum Gasteiger partial charge on any atom is 0.320 e. The molecule has 37 heavy (non-hydrogen) atoms. The minimum Gasteiger partial charge on any atom is -0.469 e. The van der Waals surface area contributed by atoms with E-state index in [1.54, 1.807) is 7.11 Å². The van der Waals surface area contributed by atoms with Gasteiger partial charge in [0.2, 0.25) is 0 Å². The van der Waals surface area contributed by atoms with Crippen molar-refractivity contribution >= 4 is 23.0 Å². The third kappa shape index (κ3) is 6.86. The van der Waals surface area contributed by atoms with Crippen LogP contribution in [0.4, 0.5) is 5.82 Å². The predicted octanol–water partition coefficient (Wildman–Crippen LogP) is 2.13. The lowest BCUT2D eigenvalue weighted by Crippen LogP contribution is -2.46. The smallest absolute Gasteiger partial charge is 0.320 e. The SMILES string of the molecule is CCCCOc1nc(N)c2nc(OC)n(CCN3CCN(Cc4cccc(CC(=O)OC)c4)CC3)c2n1. The van der Waals surface area contributed by atoms with Gasteiger partial charge in [-0.2, -0.15) is 15.0 Å². The molecule has 0 unspecified atom stereocenters. The molecule has 0 radical (unpaired) electrons. The average Bonchev–Trinajstić information content (AvgIpc) is 3.26. The van der Waals surface area contributed by atoms with Gasteiger partial charge in [-0.05, 0) is 17.5 Å². The number of nitrogens with zero attached hydrogens (tertiary/aromatic N) is 6. The number of nitrogens with two attached hydrogens (primary N) is 1. The summed E-state index contributed by atoms with van der Waals surface area (Å²) in [6.45, 7) is 8.86. The summed E-state index contributed by atoms with van der Waals surface area (Å²) < 4.78 is 17.9. The zero-order valence-corrected chi connectivity index (χ0v) is 22.0. The Kier molecular flexibility index (Phi) is 9.13. The van der Waals surface area contributed by atoms with Crippen molar-refractivity contribution < 1.29 is 19.0 Å². The van der Waals surface area contributed by atoms with E-state index in [-0.39, 0.29) is 17.8 Å². The van der Waals surface area contributed by atoms with Crippen LogP contribution in [-0.4, -0.2) is 88.8 Å². The minimum atomic E-state index is -0.220. The Hall–Kier alpha value is -3.44. The van der Waals surface area contributed by atoms with Crippen LogP contribution in [-0.2, 0) is 29.0 Å². The Labute approximate surface area is 217 Å². The van der Waals surface area contributed by atoms with E-state index in [9.17, 15) is 4.79 Å². The highest BCUT2D eigenvalue weighted by atomic mass is 16.5. The number of methoxy groups -OCH3 is 2. The highest BCUT2D eigenvalue weighted by Crippen LogP contribution is 2.25. The maximum absolute atomic E-state index is 11.6. The van der Waals surface area contributed by atoms with Gasteiger partial charge in [-0.25, -0.2) is 0 Å². The second-order valence-corrected chi connectivity index (χ2v) is 9.21. The Bertz CT molecular complexity index is 1190.